The molecular weight excluding hydrogens is 282 g/mol. The molecule has 1 aliphatic heterocycles. The first-order valence-corrected chi connectivity index (χ1v) is 6.63. The highest BCUT2D eigenvalue weighted by atomic mass is 19.3. The summed E-state index contributed by atoms with van der Waals surface area (Å²) in [5.41, 5.74) is 0.292. The van der Waals surface area contributed by atoms with Crippen molar-refractivity contribution in [3.63, 3.8) is 0 Å². The summed E-state index contributed by atoms with van der Waals surface area (Å²) in [6, 6.07) is 4.38. The van der Waals surface area contributed by atoms with Crippen LogP contribution in [0.2, 0.25) is 0 Å². The average Bonchev–Trinajstić information content (AvgIpc) is 2.99. The van der Waals surface area contributed by atoms with E-state index in [1.807, 2.05) is 0 Å². The molecule has 1 saturated heterocycles. The first-order chi connectivity index (χ1) is 10.0. The Morgan fingerprint density at radius 1 is 1.43 bits per heavy atom. The van der Waals surface area contributed by atoms with Gasteiger partial charge in [-0.15, -0.1) is 0 Å². The van der Waals surface area contributed by atoms with E-state index in [-0.39, 0.29) is 23.4 Å². The number of amides is 1. The van der Waals surface area contributed by atoms with E-state index < -0.39 is 6.61 Å². The second-order valence-corrected chi connectivity index (χ2v) is 4.81. The number of methoxy groups -OCH3 is 1. The molecule has 1 heterocycles. The van der Waals surface area contributed by atoms with E-state index >= 15 is 0 Å². The number of rotatable bonds is 5. The van der Waals surface area contributed by atoms with Gasteiger partial charge in [0.05, 0.1) is 7.11 Å². The minimum absolute atomic E-state index is 0.110. The van der Waals surface area contributed by atoms with Gasteiger partial charge in [-0.05, 0) is 31.2 Å². The van der Waals surface area contributed by atoms with Crippen LogP contribution in [-0.4, -0.2) is 50.7 Å². The monoisotopic (exact) mass is 300 g/mol. The van der Waals surface area contributed by atoms with Gasteiger partial charge in [-0.25, -0.2) is 0 Å². The third-order valence-corrected chi connectivity index (χ3v) is 3.53. The zero-order valence-electron chi connectivity index (χ0n) is 11.9. The largest absolute Gasteiger partial charge is 0.493 e. The number of carbonyl (C=O) groups is 1. The van der Waals surface area contributed by atoms with Crippen molar-refractivity contribution in [2.45, 2.75) is 19.1 Å². The summed E-state index contributed by atoms with van der Waals surface area (Å²) in [6.07, 6.45) is 0.874. The number of likely N-dealkylation sites (N-methyl/N-ethyl adjacent to an activating group) is 1. The molecule has 5 nitrogen and oxygen atoms in total. The lowest BCUT2D eigenvalue weighted by molar-refractivity contribution is -0.0512. The zero-order chi connectivity index (χ0) is 15.4. The van der Waals surface area contributed by atoms with Gasteiger partial charge in [-0.2, -0.15) is 8.78 Å². The lowest BCUT2D eigenvalue weighted by Crippen LogP contribution is -2.38. The van der Waals surface area contributed by atoms with Crippen molar-refractivity contribution in [3.8, 4) is 11.5 Å². The number of hydrogen-bond acceptors (Lipinski definition) is 4. The van der Waals surface area contributed by atoms with Crippen LogP contribution in [0.3, 0.4) is 0 Å². The van der Waals surface area contributed by atoms with Crippen LogP contribution >= 0.6 is 0 Å². The molecule has 0 spiro atoms. The highest BCUT2D eigenvalue weighted by molar-refractivity contribution is 5.95. The summed E-state index contributed by atoms with van der Waals surface area (Å²) >= 11 is 0. The molecule has 1 aromatic carbocycles. The highest BCUT2D eigenvalue weighted by Gasteiger charge is 2.25. The molecule has 0 saturated carbocycles. The van der Waals surface area contributed by atoms with E-state index in [1.54, 1.807) is 18.0 Å². The molecule has 0 bridgehead atoms. The third kappa shape index (κ3) is 3.60. The average molecular weight is 300 g/mol. The van der Waals surface area contributed by atoms with Crippen LogP contribution < -0.4 is 14.8 Å². The quantitative estimate of drug-likeness (QED) is 0.900. The Labute approximate surface area is 121 Å². The number of ether oxygens (including phenoxy) is 2. The van der Waals surface area contributed by atoms with Gasteiger partial charge in [-0.1, -0.05) is 0 Å². The molecule has 1 N–H and O–H groups in total. The standard InChI is InChI=1S/C14H18F2N2O3/c1-18(10-5-6-17-8-10)13(19)9-3-4-11(20-2)12(7-9)21-14(15)16/h3-4,7,10,14,17H,5-6,8H2,1-2H3. The molecule has 1 amide bonds. The van der Waals surface area contributed by atoms with Crippen LogP contribution in [0.15, 0.2) is 18.2 Å². The fourth-order valence-corrected chi connectivity index (χ4v) is 2.34. The summed E-state index contributed by atoms with van der Waals surface area (Å²) in [4.78, 5) is 14.0. The molecule has 2 rings (SSSR count). The summed E-state index contributed by atoms with van der Waals surface area (Å²) < 4.78 is 34.1. The Bertz CT molecular complexity index is 505. The van der Waals surface area contributed by atoms with E-state index in [2.05, 4.69) is 10.1 Å². The molecule has 0 aliphatic carbocycles. The van der Waals surface area contributed by atoms with Crippen molar-refractivity contribution in [1.29, 1.82) is 0 Å². The van der Waals surface area contributed by atoms with E-state index in [0.717, 1.165) is 19.5 Å². The van der Waals surface area contributed by atoms with Gasteiger partial charge in [-0.3, -0.25) is 4.79 Å². The van der Waals surface area contributed by atoms with E-state index in [0.29, 0.717) is 5.56 Å². The van der Waals surface area contributed by atoms with Crippen LogP contribution in [-0.2, 0) is 0 Å². The number of halogens is 2. The van der Waals surface area contributed by atoms with Gasteiger partial charge < -0.3 is 19.7 Å². The number of nitrogens with one attached hydrogen (secondary N) is 1. The molecule has 116 valence electrons. The Hall–Kier alpha value is -1.89. The number of alkyl halides is 2. The van der Waals surface area contributed by atoms with E-state index in [9.17, 15) is 13.6 Å². The van der Waals surface area contributed by atoms with Crippen LogP contribution in [0.4, 0.5) is 8.78 Å². The minimum Gasteiger partial charge on any atom is -0.493 e. The van der Waals surface area contributed by atoms with Crippen molar-refractivity contribution in [2.75, 3.05) is 27.2 Å². The second kappa shape index (κ2) is 6.71. The Balaban J connectivity index is 2.20. The molecule has 1 unspecified atom stereocenters. The SMILES string of the molecule is COc1ccc(C(=O)N(C)C2CCNC2)cc1OC(F)F. The number of hydrogen-bond donors (Lipinski definition) is 1. The Kier molecular flexibility index (Phi) is 4.95. The maximum Gasteiger partial charge on any atom is 0.387 e. The molecular formula is C14H18F2N2O3. The van der Waals surface area contributed by atoms with Crippen LogP contribution in [0.5, 0.6) is 11.5 Å². The predicted octanol–water partition coefficient (Wildman–Crippen LogP) is 1.73. The molecule has 1 aromatic rings. The topological polar surface area (TPSA) is 50.8 Å². The summed E-state index contributed by atoms with van der Waals surface area (Å²) in [5, 5.41) is 3.18. The van der Waals surface area contributed by atoms with Gasteiger partial charge in [0.1, 0.15) is 0 Å². The summed E-state index contributed by atoms with van der Waals surface area (Å²) in [6.45, 7) is -1.37. The van der Waals surface area contributed by atoms with Gasteiger partial charge in [0.15, 0.2) is 11.5 Å². The first-order valence-electron chi connectivity index (χ1n) is 6.63. The Morgan fingerprint density at radius 3 is 2.76 bits per heavy atom. The maximum absolute atomic E-state index is 12.4. The molecule has 21 heavy (non-hydrogen) atoms. The zero-order valence-corrected chi connectivity index (χ0v) is 11.9. The number of carbonyl (C=O) groups excluding carboxylic acids is 1. The fourth-order valence-electron chi connectivity index (χ4n) is 2.34. The lowest BCUT2D eigenvalue weighted by atomic mass is 10.1. The van der Waals surface area contributed by atoms with Crippen molar-refractivity contribution in [3.05, 3.63) is 23.8 Å². The van der Waals surface area contributed by atoms with Crippen molar-refractivity contribution < 1.29 is 23.0 Å². The first kappa shape index (κ1) is 15.5. The van der Waals surface area contributed by atoms with Crippen LogP contribution in [0.1, 0.15) is 16.8 Å². The molecule has 1 aliphatic rings. The minimum atomic E-state index is -2.97. The summed E-state index contributed by atoms with van der Waals surface area (Å²) in [5.74, 6) is -0.209. The predicted molar refractivity (Wildman–Crippen MR) is 73.0 cm³/mol. The highest BCUT2D eigenvalue weighted by Crippen LogP contribution is 2.30. The van der Waals surface area contributed by atoms with Crippen molar-refractivity contribution >= 4 is 5.91 Å². The second-order valence-electron chi connectivity index (χ2n) is 4.81. The van der Waals surface area contributed by atoms with Gasteiger partial charge in [0.2, 0.25) is 0 Å². The normalized spacial score (nSPS) is 17.9. The lowest BCUT2D eigenvalue weighted by Gasteiger charge is -2.24. The van der Waals surface area contributed by atoms with Crippen molar-refractivity contribution in [2.24, 2.45) is 0 Å². The van der Waals surface area contributed by atoms with Gasteiger partial charge in [0.25, 0.3) is 5.91 Å². The molecule has 0 aromatic heterocycles. The van der Waals surface area contributed by atoms with E-state index in [4.69, 9.17) is 4.74 Å². The van der Waals surface area contributed by atoms with Gasteiger partial charge >= 0.3 is 6.61 Å². The molecule has 1 atom stereocenters. The smallest absolute Gasteiger partial charge is 0.387 e. The fraction of sp³-hybridized carbons (Fsp3) is 0.500. The third-order valence-electron chi connectivity index (χ3n) is 3.53. The molecule has 1 fully saturated rings. The van der Waals surface area contributed by atoms with Crippen LogP contribution in [0.25, 0.3) is 0 Å². The summed E-state index contributed by atoms with van der Waals surface area (Å²) in [7, 11) is 3.06. The molecule has 0 radical (unpaired) electrons. The van der Waals surface area contributed by atoms with Crippen molar-refractivity contribution in [1.82, 2.24) is 10.2 Å². The maximum atomic E-state index is 12.4. The van der Waals surface area contributed by atoms with E-state index in [1.165, 1.54) is 19.2 Å². The van der Waals surface area contributed by atoms with Crippen LogP contribution in [0, 0.1) is 0 Å². The number of nitrogens with zero attached hydrogens (tertiary/aromatic N) is 1. The molecule has 7 heteroatoms. The Morgan fingerprint density at radius 2 is 2.19 bits per heavy atom. The van der Waals surface area contributed by atoms with Gasteiger partial charge in [0, 0.05) is 25.2 Å². The number of benzene rings is 1.